The Morgan fingerprint density at radius 3 is 2.38 bits per heavy atom. The molecule has 0 aliphatic heterocycles. The third-order valence-electron chi connectivity index (χ3n) is 3.33. The minimum absolute atomic E-state index is 0.00231. The molecule has 0 fully saturated rings. The number of ether oxygens (including phenoxy) is 1. The molecular weight excluding hydrogens is 369 g/mol. The number of alkyl halides is 3. The van der Waals surface area contributed by atoms with Crippen LogP contribution in [0.1, 0.15) is 5.56 Å². The van der Waals surface area contributed by atoms with Gasteiger partial charge < -0.3 is 10.1 Å². The summed E-state index contributed by atoms with van der Waals surface area (Å²) in [4.78, 5) is -0.781. The fourth-order valence-corrected chi connectivity index (χ4v) is 3.07. The maximum absolute atomic E-state index is 12.7. The predicted molar refractivity (Wildman–Crippen MR) is 88.9 cm³/mol. The average molecular weight is 382 g/mol. The van der Waals surface area contributed by atoms with Crippen molar-refractivity contribution in [3.05, 3.63) is 65.2 Å². The van der Waals surface area contributed by atoms with Crippen molar-refractivity contribution in [1.82, 2.24) is 0 Å². The fraction of sp³-hybridized carbons (Fsp3) is 0.118. The van der Waals surface area contributed by atoms with E-state index in [-0.39, 0.29) is 10.6 Å². The number of hydrogen-bond donors (Lipinski definition) is 1. The van der Waals surface area contributed by atoms with Crippen LogP contribution in [0.5, 0.6) is 5.75 Å². The van der Waals surface area contributed by atoms with Crippen molar-refractivity contribution >= 4 is 15.5 Å². The van der Waals surface area contributed by atoms with Gasteiger partial charge in [-0.25, -0.2) is 8.42 Å². The number of nitrogens with one attached hydrogen (secondary N) is 1. The van der Waals surface area contributed by atoms with Crippen LogP contribution >= 0.6 is 0 Å². The molecular formula is C17H13F3N2O3S. The highest BCUT2D eigenvalue weighted by molar-refractivity contribution is 7.95. The number of anilines is 1. The van der Waals surface area contributed by atoms with Crippen LogP contribution in [0.4, 0.5) is 18.9 Å². The zero-order valence-corrected chi connectivity index (χ0v) is 14.2. The number of sulfone groups is 1. The molecule has 136 valence electrons. The van der Waals surface area contributed by atoms with Gasteiger partial charge in [0, 0.05) is 11.9 Å². The maximum Gasteiger partial charge on any atom is 0.416 e. The van der Waals surface area contributed by atoms with Gasteiger partial charge in [-0.05, 0) is 42.5 Å². The van der Waals surface area contributed by atoms with E-state index >= 15 is 0 Å². The summed E-state index contributed by atoms with van der Waals surface area (Å²) < 4.78 is 68.0. The van der Waals surface area contributed by atoms with Gasteiger partial charge in [0.05, 0.1) is 17.6 Å². The monoisotopic (exact) mass is 382 g/mol. The Kier molecular flexibility index (Phi) is 5.57. The normalized spacial score (nSPS) is 12.3. The lowest BCUT2D eigenvalue weighted by Crippen LogP contribution is -2.07. The molecule has 0 saturated heterocycles. The van der Waals surface area contributed by atoms with E-state index < -0.39 is 26.5 Å². The first kappa shape index (κ1) is 19.3. The van der Waals surface area contributed by atoms with E-state index in [2.05, 4.69) is 5.32 Å². The molecule has 0 heterocycles. The Hall–Kier alpha value is -2.99. The van der Waals surface area contributed by atoms with Crippen LogP contribution in [-0.2, 0) is 16.0 Å². The largest absolute Gasteiger partial charge is 0.497 e. The van der Waals surface area contributed by atoms with Gasteiger partial charge in [-0.2, -0.15) is 18.4 Å². The zero-order chi connectivity index (χ0) is 19.4. The van der Waals surface area contributed by atoms with Crippen molar-refractivity contribution in [2.75, 3.05) is 12.4 Å². The van der Waals surface area contributed by atoms with Crippen LogP contribution in [0.15, 0.2) is 64.5 Å². The van der Waals surface area contributed by atoms with Crippen molar-refractivity contribution in [2.24, 2.45) is 0 Å². The van der Waals surface area contributed by atoms with Crippen LogP contribution in [0.3, 0.4) is 0 Å². The Balaban J connectivity index is 2.31. The molecule has 1 N–H and O–H groups in total. The van der Waals surface area contributed by atoms with E-state index in [9.17, 15) is 21.6 Å². The summed E-state index contributed by atoms with van der Waals surface area (Å²) in [5, 5.41) is 11.6. The number of allylic oxidation sites excluding steroid dienone is 1. The number of nitriles is 1. The zero-order valence-electron chi connectivity index (χ0n) is 13.4. The molecule has 0 aromatic heterocycles. The van der Waals surface area contributed by atoms with E-state index in [4.69, 9.17) is 10.00 Å². The van der Waals surface area contributed by atoms with Gasteiger partial charge in [0.25, 0.3) is 0 Å². The summed E-state index contributed by atoms with van der Waals surface area (Å²) in [6.45, 7) is 0. The first-order valence-corrected chi connectivity index (χ1v) is 8.60. The van der Waals surface area contributed by atoms with Crippen LogP contribution in [-0.4, -0.2) is 15.5 Å². The smallest absolute Gasteiger partial charge is 0.416 e. The van der Waals surface area contributed by atoms with Crippen molar-refractivity contribution < 1.29 is 26.3 Å². The highest BCUT2D eigenvalue weighted by atomic mass is 32.2. The summed E-state index contributed by atoms with van der Waals surface area (Å²) in [7, 11) is -2.71. The Morgan fingerprint density at radius 2 is 1.85 bits per heavy atom. The van der Waals surface area contributed by atoms with Crippen LogP contribution in [0.2, 0.25) is 0 Å². The molecule has 2 aromatic rings. The van der Waals surface area contributed by atoms with E-state index in [0.717, 1.165) is 18.3 Å². The summed E-state index contributed by atoms with van der Waals surface area (Å²) in [6, 6.07) is 11.1. The molecule has 0 amide bonds. The molecule has 0 aliphatic carbocycles. The number of hydrogen-bond acceptors (Lipinski definition) is 5. The first-order chi connectivity index (χ1) is 12.2. The van der Waals surface area contributed by atoms with E-state index in [1.54, 1.807) is 6.07 Å². The topological polar surface area (TPSA) is 79.2 Å². The Bertz CT molecular complexity index is 960. The second kappa shape index (κ2) is 7.49. The summed E-state index contributed by atoms with van der Waals surface area (Å²) in [5.41, 5.74) is -0.898. The van der Waals surface area contributed by atoms with Crippen molar-refractivity contribution in [1.29, 1.82) is 5.26 Å². The molecule has 0 aliphatic rings. The molecule has 0 bridgehead atoms. The molecule has 0 saturated carbocycles. The molecule has 0 unspecified atom stereocenters. The average Bonchev–Trinajstić information content (AvgIpc) is 2.61. The van der Waals surface area contributed by atoms with Gasteiger partial charge in [-0.1, -0.05) is 6.07 Å². The van der Waals surface area contributed by atoms with Crippen LogP contribution < -0.4 is 10.1 Å². The SMILES string of the molecule is COc1ccc(S(=O)(=O)C(C#N)=CNc2cccc(C(F)(F)F)c2)cc1. The number of benzene rings is 2. The minimum Gasteiger partial charge on any atom is -0.497 e. The summed E-state index contributed by atoms with van der Waals surface area (Å²) in [5.74, 6) is 0.438. The minimum atomic E-state index is -4.53. The van der Waals surface area contributed by atoms with Crippen LogP contribution in [0.25, 0.3) is 0 Å². The van der Waals surface area contributed by atoms with E-state index in [0.29, 0.717) is 5.75 Å². The molecule has 2 rings (SSSR count). The molecule has 0 radical (unpaired) electrons. The number of rotatable bonds is 5. The van der Waals surface area contributed by atoms with Crippen molar-refractivity contribution in [3.63, 3.8) is 0 Å². The second-order valence-electron chi connectivity index (χ2n) is 5.02. The predicted octanol–water partition coefficient (Wildman–Crippen LogP) is 3.96. The molecule has 0 spiro atoms. The lowest BCUT2D eigenvalue weighted by atomic mass is 10.2. The first-order valence-electron chi connectivity index (χ1n) is 7.11. The summed E-state index contributed by atoms with van der Waals surface area (Å²) >= 11 is 0. The van der Waals surface area contributed by atoms with Gasteiger partial charge in [0.1, 0.15) is 11.8 Å². The van der Waals surface area contributed by atoms with Gasteiger partial charge >= 0.3 is 6.18 Å². The van der Waals surface area contributed by atoms with Gasteiger partial charge in [-0.15, -0.1) is 0 Å². The molecule has 26 heavy (non-hydrogen) atoms. The number of nitrogens with zero attached hydrogens (tertiary/aromatic N) is 1. The lowest BCUT2D eigenvalue weighted by Gasteiger charge is -2.09. The Morgan fingerprint density at radius 1 is 1.19 bits per heavy atom. The highest BCUT2D eigenvalue weighted by Crippen LogP contribution is 2.31. The molecule has 9 heteroatoms. The maximum atomic E-state index is 12.7. The third-order valence-corrected chi connectivity index (χ3v) is 5.01. The highest BCUT2D eigenvalue weighted by Gasteiger charge is 2.30. The molecule has 5 nitrogen and oxygen atoms in total. The van der Waals surface area contributed by atoms with E-state index in [1.807, 2.05) is 0 Å². The lowest BCUT2D eigenvalue weighted by molar-refractivity contribution is -0.137. The molecule has 2 aromatic carbocycles. The third kappa shape index (κ3) is 4.34. The molecule has 0 atom stereocenters. The van der Waals surface area contributed by atoms with Crippen molar-refractivity contribution in [3.8, 4) is 11.8 Å². The van der Waals surface area contributed by atoms with Gasteiger partial charge in [0.2, 0.25) is 9.84 Å². The standard InChI is InChI=1S/C17H13F3N2O3S/c1-25-14-5-7-15(8-6-14)26(23,24)16(10-21)11-22-13-4-2-3-12(9-13)17(18,19)20/h2-9,11,22H,1H3. The summed E-state index contributed by atoms with van der Waals surface area (Å²) in [6.07, 6.45) is -3.68. The van der Waals surface area contributed by atoms with Gasteiger partial charge in [-0.3, -0.25) is 0 Å². The fourth-order valence-electron chi connectivity index (χ4n) is 1.99. The quantitative estimate of drug-likeness (QED) is 0.792. The van der Waals surface area contributed by atoms with Crippen LogP contribution in [0, 0.1) is 11.3 Å². The van der Waals surface area contributed by atoms with Gasteiger partial charge in [0.15, 0.2) is 4.91 Å². The number of methoxy groups -OCH3 is 1. The number of halogens is 3. The van der Waals surface area contributed by atoms with Crippen molar-refractivity contribution in [2.45, 2.75) is 11.1 Å². The Labute approximate surface area is 148 Å². The second-order valence-corrected chi connectivity index (χ2v) is 6.94. The van der Waals surface area contributed by atoms with E-state index in [1.165, 1.54) is 43.5 Å².